The molecule has 0 aliphatic carbocycles. The molecule has 1 aromatic carbocycles. The van der Waals surface area contributed by atoms with Crippen LogP contribution < -0.4 is 0 Å². The number of nitrogens with zero attached hydrogens (tertiary/aromatic N) is 3. The zero-order valence-electron chi connectivity index (χ0n) is 11.0. The fraction of sp³-hybridized carbons (Fsp3) is 0.385. The standard InChI is InChI=1S/C13H13F3IN3O/c14-13(15,16)8-21-6-2-5-20-9-18-12(19-20)10-3-1-4-11(17)7-10/h1,3-4,7,9H,2,5-6,8H2. The zero-order chi connectivity index (χ0) is 15.3. The van der Waals surface area contributed by atoms with Crippen molar-refractivity contribution in [3.05, 3.63) is 34.2 Å². The van der Waals surface area contributed by atoms with Gasteiger partial charge in [-0.25, -0.2) is 4.98 Å². The maximum atomic E-state index is 11.9. The second-order valence-electron chi connectivity index (χ2n) is 4.36. The van der Waals surface area contributed by atoms with E-state index in [-0.39, 0.29) is 6.61 Å². The molecule has 0 aliphatic heterocycles. The molecule has 2 aromatic rings. The van der Waals surface area contributed by atoms with Crippen LogP contribution >= 0.6 is 22.6 Å². The molecule has 0 bridgehead atoms. The first-order valence-corrected chi connectivity index (χ1v) is 7.32. The van der Waals surface area contributed by atoms with E-state index in [1.165, 1.54) is 0 Å². The minimum atomic E-state index is -4.27. The van der Waals surface area contributed by atoms with Gasteiger partial charge in [0, 0.05) is 22.3 Å². The van der Waals surface area contributed by atoms with Crippen molar-refractivity contribution in [1.29, 1.82) is 0 Å². The second-order valence-corrected chi connectivity index (χ2v) is 5.61. The predicted octanol–water partition coefficient (Wildman–Crippen LogP) is 3.52. The highest BCUT2D eigenvalue weighted by Crippen LogP contribution is 2.17. The molecule has 4 nitrogen and oxygen atoms in total. The van der Waals surface area contributed by atoms with Gasteiger partial charge in [0.05, 0.1) is 0 Å². The number of hydrogen-bond donors (Lipinski definition) is 0. The lowest BCUT2D eigenvalue weighted by atomic mass is 10.2. The number of rotatable bonds is 6. The lowest BCUT2D eigenvalue weighted by Crippen LogP contribution is -2.17. The molecule has 0 N–H and O–H groups in total. The Hall–Kier alpha value is -1.16. The Morgan fingerprint density at radius 1 is 1.29 bits per heavy atom. The van der Waals surface area contributed by atoms with Crippen LogP contribution in [0.5, 0.6) is 0 Å². The Bertz CT molecular complexity index is 586. The molecule has 1 heterocycles. The molecule has 0 radical (unpaired) electrons. The zero-order valence-corrected chi connectivity index (χ0v) is 13.1. The summed E-state index contributed by atoms with van der Waals surface area (Å²) in [7, 11) is 0. The van der Waals surface area contributed by atoms with Crippen LogP contribution in [0.3, 0.4) is 0 Å². The van der Waals surface area contributed by atoms with Crippen molar-refractivity contribution in [1.82, 2.24) is 14.8 Å². The molecule has 0 atom stereocenters. The minimum Gasteiger partial charge on any atom is -0.372 e. The van der Waals surface area contributed by atoms with Gasteiger partial charge < -0.3 is 4.74 Å². The van der Waals surface area contributed by atoms with Gasteiger partial charge in [0.1, 0.15) is 12.9 Å². The number of benzene rings is 1. The maximum absolute atomic E-state index is 11.9. The van der Waals surface area contributed by atoms with Crippen LogP contribution in [0.15, 0.2) is 30.6 Å². The fourth-order valence-corrected chi connectivity index (χ4v) is 2.22. The second kappa shape index (κ2) is 7.21. The molecular formula is C13H13F3IN3O. The SMILES string of the molecule is FC(F)(F)COCCCn1cnc(-c2cccc(I)c2)n1. The molecule has 1 aromatic heterocycles. The van der Waals surface area contributed by atoms with Crippen LogP contribution in [-0.2, 0) is 11.3 Å². The summed E-state index contributed by atoms with van der Waals surface area (Å²) in [6.45, 7) is -0.704. The molecule has 0 saturated heterocycles. The lowest BCUT2D eigenvalue weighted by Gasteiger charge is -2.07. The summed E-state index contributed by atoms with van der Waals surface area (Å²) in [6, 6.07) is 7.77. The van der Waals surface area contributed by atoms with E-state index in [0.29, 0.717) is 18.8 Å². The molecule has 0 amide bonds. The van der Waals surface area contributed by atoms with Crippen LogP contribution in [-0.4, -0.2) is 34.2 Å². The molecule has 8 heteroatoms. The monoisotopic (exact) mass is 411 g/mol. The average molecular weight is 411 g/mol. The van der Waals surface area contributed by atoms with Gasteiger partial charge in [-0.05, 0) is 41.1 Å². The van der Waals surface area contributed by atoms with Crippen molar-refractivity contribution in [2.75, 3.05) is 13.2 Å². The number of alkyl halides is 3. The molecule has 0 saturated carbocycles. The van der Waals surface area contributed by atoms with Crippen molar-refractivity contribution in [2.45, 2.75) is 19.1 Å². The van der Waals surface area contributed by atoms with Gasteiger partial charge in [-0.15, -0.1) is 0 Å². The Balaban J connectivity index is 1.81. The number of aromatic nitrogens is 3. The van der Waals surface area contributed by atoms with E-state index in [1.807, 2.05) is 24.3 Å². The Kier molecular flexibility index (Phi) is 5.57. The number of halogens is 4. The quantitative estimate of drug-likeness (QED) is 0.540. The highest BCUT2D eigenvalue weighted by Gasteiger charge is 2.27. The summed E-state index contributed by atoms with van der Waals surface area (Å²) in [6.07, 6.45) is -2.25. The molecular weight excluding hydrogens is 398 g/mol. The van der Waals surface area contributed by atoms with E-state index in [1.54, 1.807) is 11.0 Å². The summed E-state index contributed by atoms with van der Waals surface area (Å²) in [4.78, 5) is 4.19. The summed E-state index contributed by atoms with van der Waals surface area (Å²) in [5, 5.41) is 4.29. The molecule has 0 fully saturated rings. The number of hydrogen-bond acceptors (Lipinski definition) is 3. The number of aryl methyl sites for hydroxylation is 1. The number of ether oxygens (including phenoxy) is 1. The lowest BCUT2D eigenvalue weighted by molar-refractivity contribution is -0.174. The van der Waals surface area contributed by atoms with Gasteiger partial charge >= 0.3 is 6.18 Å². The van der Waals surface area contributed by atoms with Crippen molar-refractivity contribution >= 4 is 22.6 Å². The average Bonchev–Trinajstić information content (AvgIpc) is 2.86. The topological polar surface area (TPSA) is 39.9 Å². The normalized spacial score (nSPS) is 11.8. The maximum Gasteiger partial charge on any atom is 0.411 e. The van der Waals surface area contributed by atoms with Crippen LogP contribution in [0, 0.1) is 3.57 Å². The molecule has 0 unspecified atom stereocenters. The van der Waals surface area contributed by atoms with E-state index < -0.39 is 12.8 Å². The van der Waals surface area contributed by atoms with Crippen molar-refractivity contribution < 1.29 is 17.9 Å². The van der Waals surface area contributed by atoms with Gasteiger partial charge in [0.25, 0.3) is 0 Å². The third kappa shape index (κ3) is 5.62. The van der Waals surface area contributed by atoms with Gasteiger partial charge in [0.15, 0.2) is 5.82 Å². The Morgan fingerprint density at radius 2 is 2.10 bits per heavy atom. The van der Waals surface area contributed by atoms with Crippen molar-refractivity contribution in [3.8, 4) is 11.4 Å². The van der Waals surface area contributed by atoms with E-state index in [9.17, 15) is 13.2 Å². The highest BCUT2D eigenvalue weighted by molar-refractivity contribution is 14.1. The first kappa shape index (κ1) is 16.2. The van der Waals surface area contributed by atoms with Crippen LogP contribution in [0.4, 0.5) is 13.2 Å². The van der Waals surface area contributed by atoms with E-state index in [2.05, 4.69) is 37.4 Å². The molecule has 2 rings (SSSR count). The first-order chi connectivity index (χ1) is 9.94. The Labute approximate surface area is 133 Å². The first-order valence-electron chi connectivity index (χ1n) is 6.24. The molecule has 0 aliphatic rings. The van der Waals surface area contributed by atoms with Gasteiger partial charge in [-0.3, -0.25) is 4.68 Å². The van der Waals surface area contributed by atoms with E-state index in [4.69, 9.17) is 0 Å². The smallest absolute Gasteiger partial charge is 0.372 e. The Morgan fingerprint density at radius 3 is 2.81 bits per heavy atom. The summed E-state index contributed by atoms with van der Waals surface area (Å²) in [5.74, 6) is 0.602. The molecule has 21 heavy (non-hydrogen) atoms. The fourth-order valence-electron chi connectivity index (χ4n) is 1.68. The third-order valence-electron chi connectivity index (χ3n) is 2.56. The van der Waals surface area contributed by atoms with Crippen LogP contribution in [0.2, 0.25) is 0 Å². The van der Waals surface area contributed by atoms with Gasteiger partial charge in [0.2, 0.25) is 0 Å². The van der Waals surface area contributed by atoms with Crippen molar-refractivity contribution in [3.63, 3.8) is 0 Å². The largest absolute Gasteiger partial charge is 0.411 e. The summed E-state index contributed by atoms with van der Waals surface area (Å²) in [5.41, 5.74) is 0.911. The van der Waals surface area contributed by atoms with E-state index in [0.717, 1.165) is 9.13 Å². The molecule has 114 valence electrons. The minimum absolute atomic E-state index is 0.0396. The third-order valence-corrected chi connectivity index (χ3v) is 3.23. The summed E-state index contributed by atoms with van der Waals surface area (Å²) < 4.78 is 42.9. The van der Waals surface area contributed by atoms with Crippen LogP contribution in [0.25, 0.3) is 11.4 Å². The van der Waals surface area contributed by atoms with Crippen molar-refractivity contribution in [2.24, 2.45) is 0 Å². The predicted molar refractivity (Wildman–Crippen MR) is 79.7 cm³/mol. The van der Waals surface area contributed by atoms with Gasteiger partial charge in [-0.1, -0.05) is 12.1 Å². The van der Waals surface area contributed by atoms with Crippen LogP contribution in [0.1, 0.15) is 6.42 Å². The summed E-state index contributed by atoms with van der Waals surface area (Å²) >= 11 is 2.21. The van der Waals surface area contributed by atoms with E-state index >= 15 is 0 Å². The van der Waals surface area contributed by atoms with Gasteiger partial charge in [-0.2, -0.15) is 18.3 Å². The highest BCUT2D eigenvalue weighted by atomic mass is 127. The molecule has 0 spiro atoms.